The van der Waals surface area contributed by atoms with Gasteiger partial charge in [-0.25, -0.2) is 0 Å². The second-order valence-electron chi connectivity index (χ2n) is 21.4. The highest BCUT2D eigenvalue weighted by atomic mass is 16.5. The van der Waals surface area contributed by atoms with Gasteiger partial charge >= 0.3 is 5.97 Å². The zero-order valence-electron chi connectivity index (χ0n) is 46.6. The molecule has 69 heavy (non-hydrogen) atoms. The van der Waals surface area contributed by atoms with Gasteiger partial charge in [-0.2, -0.15) is 0 Å². The van der Waals surface area contributed by atoms with Crippen LogP contribution in [0.1, 0.15) is 341 Å². The molecular formula is C63H121NO5. The van der Waals surface area contributed by atoms with Crippen molar-refractivity contribution >= 4 is 11.9 Å². The van der Waals surface area contributed by atoms with Crippen molar-refractivity contribution in [2.24, 2.45) is 0 Å². The number of hydrogen-bond acceptors (Lipinski definition) is 5. The van der Waals surface area contributed by atoms with Crippen LogP contribution in [0.2, 0.25) is 0 Å². The molecule has 0 heterocycles. The molecule has 6 heteroatoms. The minimum Gasteiger partial charge on any atom is -0.466 e. The molecule has 0 aliphatic carbocycles. The zero-order valence-corrected chi connectivity index (χ0v) is 46.6. The summed E-state index contributed by atoms with van der Waals surface area (Å²) in [7, 11) is 0. The Kier molecular flexibility index (Phi) is 57.5. The third-order valence-corrected chi connectivity index (χ3v) is 14.5. The van der Waals surface area contributed by atoms with Crippen LogP contribution >= 0.6 is 0 Å². The average Bonchev–Trinajstić information content (AvgIpc) is 3.35. The molecular weight excluding hydrogens is 851 g/mol. The van der Waals surface area contributed by atoms with Gasteiger partial charge in [0.1, 0.15) is 0 Å². The number of nitrogens with one attached hydrogen (secondary N) is 1. The Balaban J connectivity index is 3.44. The van der Waals surface area contributed by atoms with Gasteiger partial charge in [-0.1, -0.05) is 301 Å². The summed E-state index contributed by atoms with van der Waals surface area (Å²) >= 11 is 0. The lowest BCUT2D eigenvalue weighted by Gasteiger charge is -2.20. The van der Waals surface area contributed by atoms with Crippen molar-refractivity contribution in [3.8, 4) is 0 Å². The van der Waals surface area contributed by atoms with E-state index in [-0.39, 0.29) is 18.5 Å². The van der Waals surface area contributed by atoms with E-state index in [1.165, 1.54) is 270 Å². The van der Waals surface area contributed by atoms with Gasteiger partial charge in [-0.15, -0.1) is 0 Å². The maximum atomic E-state index is 12.5. The number of rotatable bonds is 58. The lowest BCUT2D eigenvalue weighted by molar-refractivity contribution is -0.143. The van der Waals surface area contributed by atoms with Crippen molar-refractivity contribution in [2.75, 3.05) is 13.2 Å². The summed E-state index contributed by atoms with van der Waals surface area (Å²) in [5.41, 5.74) is 0. The van der Waals surface area contributed by atoms with Gasteiger partial charge in [-0.3, -0.25) is 9.59 Å². The highest BCUT2D eigenvalue weighted by Gasteiger charge is 2.18. The van der Waals surface area contributed by atoms with E-state index in [9.17, 15) is 19.8 Å². The maximum Gasteiger partial charge on any atom is 0.305 e. The summed E-state index contributed by atoms with van der Waals surface area (Å²) in [6, 6.07) is -0.631. The molecule has 0 radical (unpaired) electrons. The highest BCUT2D eigenvalue weighted by molar-refractivity contribution is 5.76. The van der Waals surface area contributed by atoms with Crippen LogP contribution < -0.4 is 5.32 Å². The van der Waals surface area contributed by atoms with Gasteiger partial charge < -0.3 is 20.3 Å². The molecule has 2 atom stereocenters. The van der Waals surface area contributed by atoms with Gasteiger partial charge in [-0.05, 0) is 51.4 Å². The summed E-state index contributed by atoms with van der Waals surface area (Å²) in [5, 5.41) is 23.2. The van der Waals surface area contributed by atoms with Crippen LogP contribution in [0.4, 0.5) is 0 Å². The Labute approximate surface area is 431 Å². The second kappa shape index (κ2) is 58.9. The van der Waals surface area contributed by atoms with Gasteiger partial charge in [0.25, 0.3) is 0 Å². The monoisotopic (exact) mass is 972 g/mol. The Bertz CT molecular complexity index is 1080. The first-order chi connectivity index (χ1) is 34.0. The molecule has 1 amide bonds. The van der Waals surface area contributed by atoms with Crippen LogP contribution in [0.3, 0.4) is 0 Å². The number of aliphatic hydroxyl groups is 2. The highest BCUT2D eigenvalue weighted by Crippen LogP contribution is 2.18. The summed E-state index contributed by atoms with van der Waals surface area (Å²) in [6.07, 6.45) is 72.2. The Morgan fingerprint density at radius 1 is 0.391 bits per heavy atom. The van der Waals surface area contributed by atoms with E-state index < -0.39 is 12.1 Å². The fraction of sp³-hybridized carbons (Fsp3) is 0.905. The maximum absolute atomic E-state index is 12.5. The topological polar surface area (TPSA) is 95.9 Å². The van der Waals surface area contributed by atoms with E-state index in [4.69, 9.17) is 4.74 Å². The molecule has 0 saturated carbocycles. The molecule has 0 aliphatic rings. The minimum atomic E-state index is -0.847. The van der Waals surface area contributed by atoms with Gasteiger partial charge in [0.15, 0.2) is 0 Å². The molecule has 0 fully saturated rings. The van der Waals surface area contributed by atoms with Crippen molar-refractivity contribution in [1.82, 2.24) is 5.32 Å². The Morgan fingerprint density at radius 3 is 1.07 bits per heavy atom. The molecule has 6 nitrogen and oxygen atoms in total. The molecule has 0 aliphatic heterocycles. The van der Waals surface area contributed by atoms with Crippen molar-refractivity contribution in [2.45, 2.75) is 353 Å². The second-order valence-corrected chi connectivity index (χ2v) is 21.4. The van der Waals surface area contributed by atoms with Crippen LogP contribution in [0, 0.1) is 0 Å². The standard InChI is InChI=1S/C63H121NO5/c1-3-5-7-9-11-13-15-16-17-18-19-20-21-23-26-29-32-36-39-43-47-51-55-61(66)60(59-65)64-62(67)56-52-48-44-40-37-33-30-27-24-22-25-28-31-34-38-42-46-50-54-58-69-63(68)57-53-49-45-41-35-14-12-10-8-6-4-2/h10,12,51,55,60-61,65-66H,3-9,11,13-50,52-54,56-59H2,1-2H3,(H,64,67)/b12-10-,55-51+. The Morgan fingerprint density at radius 2 is 0.696 bits per heavy atom. The van der Waals surface area contributed by atoms with Gasteiger partial charge in [0, 0.05) is 12.8 Å². The van der Waals surface area contributed by atoms with Crippen molar-refractivity contribution < 1.29 is 24.5 Å². The van der Waals surface area contributed by atoms with E-state index in [0.717, 1.165) is 44.9 Å². The number of carbonyl (C=O) groups excluding carboxylic acids is 2. The molecule has 0 bridgehead atoms. The van der Waals surface area contributed by atoms with Gasteiger partial charge in [0.2, 0.25) is 5.91 Å². The van der Waals surface area contributed by atoms with E-state index in [1.807, 2.05) is 6.08 Å². The third-order valence-electron chi connectivity index (χ3n) is 14.5. The smallest absolute Gasteiger partial charge is 0.305 e. The predicted molar refractivity (Wildman–Crippen MR) is 301 cm³/mol. The molecule has 0 spiro atoms. The number of hydrogen-bond donors (Lipinski definition) is 3. The summed E-state index contributed by atoms with van der Waals surface area (Å²) < 4.78 is 5.46. The SMILES string of the molecule is CCCC/C=C\CCCCCCCC(=O)OCCCCCCCCCCCCCCCCCCCCCC(=O)NC(CO)C(O)/C=C/CCCCCCCCCCCCCCCCCCCCCC. The predicted octanol–water partition coefficient (Wildman–Crippen LogP) is 19.4. The lowest BCUT2D eigenvalue weighted by Crippen LogP contribution is -2.45. The van der Waals surface area contributed by atoms with E-state index >= 15 is 0 Å². The fourth-order valence-corrected chi connectivity index (χ4v) is 9.68. The zero-order chi connectivity index (χ0) is 50.0. The number of ether oxygens (including phenoxy) is 1. The number of amides is 1. The summed E-state index contributed by atoms with van der Waals surface area (Å²) in [6.45, 7) is 4.88. The number of allylic oxidation sites excluding steroid dienone is 3. The largest absolute Gasteiger partial charge is 0.466 e. The van der Waals surface area contributed by atoms with Crippen molar-refractivity contribution in [3.05, 3.63) is 24.3 Å². The molecule has 408 valence electrons. The number of aliphatic hydroxyl groups excluding tert-OH is 2. The minimum absolute atomic E-state index is 0.00234. The number of esters is 1. The number of carbonyl (C=O) groups is 2. The molecule has 0 aromatic heterocycles. The molecule has 3 N–H and O–H groups in total. The Hall–Kier alpha value is -1.66. The first-order valence-electron chi connectivity index (χ1n) is 31.1. The van der Waals surface area contributed by atoms with Crippen LogP contribution in [0.15, 0.2) is 24.3 Å². The molecule has 2 unspecified atom stereocenters. The normalized spacial score (nSPS) is 12.7. The van der Waals surface area contributed by atoms with Crippen LogP contribution in [-0.4, -0.2) is 47.4 Å². The quantitative estimate of drug-likeness (QED) is 0.0321. The molecule has 0 rings (SSSR count). The van der Waals surface area contributed by atoms with E-state index in [1.54, 1.807) is 6.08 Å². The van der Waals surface area contributed by atoms with Crippen molar-refractivity contribution in [1.29, 1.82) is 0 Å². The van der Waals surface area contributed by atoms with Crippen molar-refractivity contribution in [3.63, 3.8) is 0 Å². The third kappa shape index (κ3) is 55.5. The molecule has 0 aromatic carbocycles. The van der Waals surface area contributed by atoms with Crippen LogP contribution in [0.5, 0.6) is 0 Å². The average molecular weight is 973 g/mol. The van der Waals surface area contributed by atoms with Crippen LogP contribution in [0.25, 0.3) is 0 Å². The fourth-order valence-electron chi connectivity index (χ4n) is 9.68. The van der Waals surface area contributed by atoms with Gasteiger partial charge in [0.05, 0.1) is 25.4 Å². The lowest BCUT2D eigenvalue weighted by atomic mass is 10.0. The number of unbranched alkanes of at least 4 members (excludes halogenated alkanes) is 45. The van der Waals surface area contributed by atoms with E-state index in [2.05, 4.69) is 31.3 Å². The van der Waals surface area contributed by atoms with E-state index in [0.29, 0.717) is 19.4 Å². The van der Waals surface area contributed by atoms with Crippen LogP contribution in [-0.2, 0) is 14.3 Å². The molecule has 0 aromatic rings. The summed E-state index contributed by atoms with van der Waals surface area (Å²) in [4.78, 5) is 24.5. The molecule has 0 saturated heterocycles. The first-order valence-corrected chi connectivity index (χ1v) is 31.1. The first kappa shape index (κ1) is 67.3. The summed E-state index contributed by atoms with van der Waals surface area (Å²) in [5.74, 6) is -0.0701.